The molecule has 0 aliphatic heterocycles. The minimum Gasteiger partial charge on any atom is -0.396 e. The molecule has 0 unspecified atom stereocenters. The van der Waals surface area contributed by atoms with E-state index < -0.39 is 10.0 Å². The second-order valence-corrected chi connectivity index (χ2v) is 5.63. The summed E-state index contributed by atoms with van der Waals surface area (Å²) < 4.78 is 21.7. The van der Waals surface area contributed by atoms with Gasteiger partial charge in [0.15, 0.2) is 0 Å². The van der Waals surface area contributed by atoms with Crippen molar-refractivity contribution < 1.29 is 8.42 Å². The highest BCUT2D eigenvalue weighted by Gasteiger charge is 2.07. The molecule has 0 amide bonds. The molecule has 0 aliphatic rings. The minimum atomic E-state index is -3.48. The molecular formula is C11H14N4O2S. The zero-order chi connectivity index (χ0) is 13.2. The number of aromatic nitrogens is 1. The SMILES string of the molecule is Nc1cnc2ccccc2c1NCCS(N)(=O)=O. The second-order valence-electron chi connectivity index (χ2n) is 3.90. The van der Waals surface area contributed by atoms with E-state index in [-0.39, 0.29) is 12.3 Å². The Hall–Kier alpha value is -1.86. The summed E-state index contributed by atoms with van der Waals surface area (Å²) in [7, 11) is -3.48. The van der Waals surface area contributed by atoms with Gasteiger partial charge in [0.2, 0.25) is 10.0 Å². The lowest BCUT2D eigenvalue weighted by atomic mass is 10.1. The fourth-order valence-electron chi connectivity index (χ4n) is 1.67. The van der Waals surface area contributed by atoms with Crippen LogP contribution in [0.3, 0.4) is 0 Å². The van der Waals surface area contributed by atoms with Crippen LogP contribution in [0.5, 0.6) is 0 Å². The first-order valence-electron chi connectivity index (χ1n) is 5.35. The number of rotatable bonds is 4. The van der Waals surface area contributed by atoms with Crippen molar-refractivity contribution >= 4 is 32.3 Å². The Morgan fingerprint density at radius 1 is 1.28 bits per heavy atom. The van der Waals surface area contributed by atoms with Crippen LogP contribution in [0.4, 0.5) is 11.4 Å². The second kappa shape index (κ2) is 4.79. The van der Waals surface area contributed by atoms with E-state index in [0.29, 0.717) is 11.4 Å². The van der Waals surface area contributed by atoms with Gasteiger partial charge in [-0.3, -0.25) is 4.98 Å². The first-order chi connectivity index (χ1) is 8.47. The Bertz CT molecular complexity index is 670. The van der Waals surface area contributed by atoms with Crippen molar-refractivity contribution in [2.45, 2.75) is 0 Å². The molecule has 2 rings (SSSR count). The molecule has 18 heavy (non-hydrogen) atoms. The lowest BCUT2D eigenvalue weighted by Gasteiger charge is -2.11. The van der Waals surface area contributed by atoms with Crippen LogP contribution in [-0.2, 0) is 10.0 Å². The molecule has 5 N–H and O–H groups in total. The van der Waals surface area contributed by atoms with E-state index >= 15 is 0 Å². The van der Waals surface area contributed by atoms with Crippen LogP contribution in [-0.4, -0.2) is 25.7 Å². The number of nitrogens with one attached hydrogen (secondary N) is 1. The van der Waals surface area contributed by atoms with Gasteiger partial charge >= 0.3 is 0 Å². The average molecular weight is 266 g/mol. The number of hydrogen-bond acceptors (Lipinski definition) is 5. The molecule has 0 radical (unpaired) electrons. The zero-order valence-electron chi connectivity index (χ0n) is 9.63. The Balaban J connectivity index is 2.29. The molecule has 0 fully saturated rings. The third kappa shape index (κ3) is 2.88. The molecule has 0 atom stereocenters. The van der Waals surface area contributed by atoms with Crippen molar-refractivity contribution in [3.8, 4) is 0 Å². The maximum absolute atomic E-state index is 10.9. The smallest absolute Gasteiger partial charge is 0.210 e. The molecule has 0 saturated carbocycles. The molecule has 1 heterocycles. The number of benzene rings is 1. The Kier molecular flexibility index (Phi) is 3.35. The molecule has 0 spiro atoms. The van der Waals surface area contributed by atoms with Crippen LogP contribution in [0, 0.1) is 0 Å². The maximum atomic E-state index is 10.9. The van der Waals surface area contributed by atoms with Crippen LogP contribution >= 0.6 is 0 Å². The quantitative estimate of drug-likeness (QED) is 0.747. The van der Waals surface area contributed by atoms with Crippen LogP contribution < -0.4 is 16.2 Å². The minimum absolute atomic E-state index is 0.150. The molecule has 96 valence electrons. The number of anilines is 2. The number of nitrogens with two attached hydrogens (primary N) is 2. The van der Waals surface area contributed by atoms with Gasteiger partial charge in [0.25, 0.3) is 0 Å². The van der Waals surface area contributed by atoms with Crippen molar-refractivity contribution in [3.05, 3.63) is 30.5 Å². The first-order valence-corrected chi connectivity index (χ1v) is 7.06. The number of fused-ring (bicyclic) bond motifs is 1. The fraction of sp³-hybridized carbons (Fsp3) is 0.182. The summed E-state index contributed by atoms with van der Waals surface area (Å²) in [6.45, 7) is 0.205. The number of pyridine rings is 1. The van der Waals surface area contributed by atoms with Gasteiger partial charge in [-0.15, -0.1) is 0 Å². The third-order valence-electron chi connectivity index (χ3n) is 2.49. The van der Waals surface area contributed by atoms with Crippen LogP contribution in [0.25, 0.3) is 10.9 Å². The van der Waals surface area contributed by atoms with Crippen LogP contribution in [0.15, 0.2) is 30.5 Å². The maximum Gasteiger partial charge on any atom is 0.210 e. The number of sulfonamides is 1. The van der Waals surface area contributed by atoms with Crippen molar-refractivity contribution in [1.29, 1.82) is 0 Å². The van der Waals surface area contributed by atoms with Gasteiger partial charge < -0.3 is 11.1 Å². The number of hydrogen-bond donors (Lipinski definition) is 3. The summed E-state index contributed by atoms with van der Waals surface area (Å²) in [6, 6.07) is 7.48. The number of primary sulfonamides is 1. The zero-order valence-corrected chi connectivity index (χ0v) is 10.4. The highest BCUT2D eigenvalue weighted by molar-refractivity contribution is 7.89. The monoisotopic (exact) mass is 266 g/mol. The lowest BCUT2D eigenvalue weighted by molar-refractivity contribution is 0.598. The van der Waals surface area contributed by atoms with Crippen molar-refractivity contribution in [2.75, 3.05) is 23.3 Å². The summed E-state index contributed by atoms with van der Waals surface area (Å²) in [5, 5.41) is 8.78. The summed E-state index contributed by atoms with van der Waals surface area (Å²) in [6.07, 6.45) is 1.54. The predicted octanol–water partition coefficient (Wildman–Crippen LogP) is 0.517. The van der Waals surface area contributed by atoms with E-state index in [1.807, 2.05) is 24.3 Å². The van der Waals surface area contributed by atoms with Crippen LogP contribution in [0.2, 0.25) is 0 Å². The summed E-state index contributed by atoms with van der Waals surface area (Å²) >= 11 is 0. The van der Waals surface area contributed by atoms with Gasteiger partial charge in [-0.1, -0.05) is 18.2 Å². The van der Waals surface area contributed by atoms with E-state index in [0.717, 1.165) is 10.9 Å². The molecule has 1 aromatic heterocycles. The number of nitrogens with zero attached hydrogens (tertiary/aromatic N) is 1. The van der Waals surface area contributed by atoms with Gasteiger partial charge in [0, 0.05) is 11.9 Å². The van der Waals surface area contributed by atoms with E-state index in [1.165, 1.54) is 0 Å². The van der Waals surface area contributed by atoms with E-state index in [4.69, 9.17) is 10.9 Å². The molecular weight excluding hydrogens is 252 g/mol. The topological polar surface area (TPSA) is 111 Å². The summed E-state index contributed by atoms with van der Waals surface area (Å²) in [5.74, 6) is -0.150. The van der Waals surface area contributed by atoms with E-state index in [2.05, 4.69) is 10.3 Å². The van der Waals surface area contributed by atoms with Gasteiger partial charge in [0.05, 0.1) is 28.8 Å². The Morgan fingerprint density at radius 3 is 2.72 bits per heavy atom. The third-order valence-corrected chi connectivity index (χ3v) is 3.27. The highest BCUT2D eigenvalue weighted by Crippen LogP contribution is 2.27. The normalized spacial score (nSPS) is 11.6. The van der Waals surface area contributed by atoms with E-state index in [1.54, 1.807) is 6.20 Å². The van der Waals surface area contributed by atoms with Crippen molar-refractivity contribution in [1.82, 2.24) is 4.98 Å². The summed E-state index contributed by atoms with van der Waals surface area (Å²) in [5.41, 5.74) is 7.79. The number of nitrogen functional groups attached to an aromatic ring is 1. The van der Waals surface area contributed by atoms with Crippen LogP contribution in [0.1, 0.15) is 0 Å². The van der Waals surface area contributed by atoms with Gasteiger partial charge in [0.1, 0.15) is 0 Å². The summed E-state index contributed by atoms with van der Waals surface area (Å²) in [4.78, 5) is 4.19. The highest BCUT2D eigenvalue weighted by atomic mass is 32.2. The first kappa shape index (κ1) is 12.6. The molecule has 0 bridgehead atoms. The van der Waals surface area contributed by atoms with Crippen molar-refractivity contribution in [2.24, 2.45) is 5.14 Å². The lowest BCUT2D eigenvalue weighted by Crippen LogP contribution is -2.22. The number of para-hydroxylation sites is 1. The molecule has 7 heteroatoms. The largest absolute Gasteiger partial charge is 0.396 e. The molecule has 0 aliphatic carbocycles. The van der Waals surface area contributed by atoms with Crippen molar-refractivity contribution in [3.63, 3.8) is 0 Å². The van der Waals surface area contributed by atoms with Gasteiger partial charge in [-0.05, 0) is 6.07 Å². The molecule has 2 aromatic rings. The molecule has 0 saturated heterocycles. The molecule has 1 aromatic carbocycles. The van der Waals surface area contributed by atoms with Gasteiger partial charge in [-0.25, -0.2) is 13.6 Å². The predicted molar refractivity (Wildman–Crippen MR) is 72.6 cm³/mol. The standard InChI is InChI=1S/C11H14N4O2S/c12-9-7-15-10-4-2-1-3-8(10)11(9)14-5-6-18(13,16)17/h1-4,7H,5-6,12H2,(H,14,15)(H2,13,16,17). The average Bonchev–Trinajstić information content (AvgIpc) is 2.31. The Labute approximate surface area is 105 Å². The van der Waals surface area contributed by atoms with E-state index in [9.17, 15) is 8.42 Å². The Morgan fingerprint density at radius 2 is 2.00 bits per heavy atom. The fourth-order valence-corrected chi connectivity index (χ4v) is 2.06. The van der Waals surface area contributed by atoms with Gasteiger partial charge in [-0.2, -0.15) is 0 Å². The molecule has 6 nitrogen and oxygen atoms in total.